The van der Waals surface area contributed by atoms with E-state index in [1.807, 2.05) is 18.2 Å². The highest BCUT2D eigenvalue weighted by atomic mass is 32.1. The maximum atomic E-state index is 13.0. The second kappa shape index (κ2) is 6.99. The molecule has 4 rings (SSSR count). The van der Waals surface area contributed by atoms with Gasteiger partial charge in [-0.3, -0.25) is 4.79 Å². The molecule has 6 heteroatoms. The second-order valence-corrected chi connectivity index (χ2v) is 9.78. The van der Waals surface area contributed by atoms with Crippen molar-refractivity contribution in [2.24, 2.45) is 11.3 Å². The minimum absolute atomic E-state index is 0.00432. The maximum absolute atomic E-state index is 13.0. The first-order chi connectivity index (χ1) is 13.3. The van der Waals surface area contributed by atoms with E-state index in [1.165, 1.54) is 10.4 Å². The van der Waals surface area contributed by atoms with Crippen LogP contribution in [0.2, 0.25) is 0 Å². The molecule has 1 aromatic carbocycles. The van der Waals surface area contributed by atoms with Crippen LogP contribution in [0.25, 0.3) is 0 Å². The fraction of sp³-hybridized carbons (Fsp3) is 0.500. The van der Waals surface area contributed by atoms with Crippen LogP contribution in [-0.4, -0.2) is 20.1 Å². The van der Waals surface area contributed by atoms with Crippen LogP contribution in [0.1, 0.15) is 59.7 Å². The lowest BCUT2D eigenvalue weighted by Crippen LogP contribution is -2.38. The molecule has 0 saturated heterocycles. The zero-order valence-electron chi connectivity index (χ0n) is 17.1. The number of carbonyl (C=O) groups is 1. The van der Waals surface area contributed by atoms with Crippen LogP contribution in [0.5, 0.6) is 11.5 Å². The maximum Gasteiger partial charge on any atom is 0.256 e. The van der Waals surface area contributed by atoms with Gasteiger partial charge < -0.3 is 20.1 Å². The molecule has 2 aromatic rings. The lowest BCUT2D eigenvalue weighted by Gasteiger charge is -2.34. The second-order valence-electron chi connectivity index (χ2n) is 8.67. The van der Waals surface area contributed by atoms with Crippen molar-refractivity contribution in [1.29, 1.82) is 0 Å². The molecule has 0 unspecified atom stereocenters. The van der Waals surface area contributed by atoms with Crippen molar-refractivity contribution < 1.29 is 14.3 Å². The largest absolute Gasteiger partial charge is 0.497 e. The molecule has 1 aliphatic carbocycles. The topological polar surface area (TPSA) is 59.6 Å². The van der Waals surface area contributed by atoms with Crippen LogP contribution in [-0.2, 0) is 12.8 Å². The van der Waals surface area contributed by atoms with Crippen molar-refractivity contribution in [3.63, 3.8) is 0 Å². The summed E-state index contributed by atoms with van der Waals surface area (Å²) in [7, 11) is 3.27. The number of ether oxygens (including phenoxy) is 2. The van der Waals surface area contributed by atoms with E-state index in [0.717, 1.165) is 46.9 Å². The number of benzene rings is 1. The molecule has 28 heavy (non-hydrogen) atoms. The number of fused-ring (bicyclic) bond motifs is 3. The molecule has 0 saturated carbocycles. The quantitative estimate of drug-likeness (QED) is 0.779. The van der Waals surface area contributed by atoms with E-state index in [-0.39, 0.29) is 17.5 Å². The summed E-state index contributed by atoms with van der Waals surface area (Å²) in [6, 6.07) is 5.63. The number of hydrogen-bond donors (Lipinski definition) is 2. The van der Waals surface area contributed by atoms with Gasteiger partial charge in [-0.2, -0.15) is 0 Å². The Hall–Kier alpha value is -2.21. The van der Waals surface area contributed by atoms with Crippen LogP contribution in [0, 0.1) is 11.3 Å². The van der Waals surface area contributed by atoms with Gasteiger partial charge in [0.15, 0.2) is 0 Å². The zero-order chi connectivity index (χ0) is 20.1. The smallest absolute Gasteiger partial charge is 0.256 e. The van der Waals surface area contributed by atoms with Gasteiger partial charge in [-0.05, 0) is 54.4 Å². The van der Waals surface area contributed by atoms with E-state index >= 15 is 0 Å². The summed E-state index contributed by atoms with van der Waals surface area (Å²) in [6.45, 7) is 6.94. The highest BCUT2D eigenvalue weighted by molar-refractivity contribution is 7.16. The fourth-order valence-electron chi connectivity index (χ4n) is 4.26. The van der Waals surface area contributed by atoms with Gasteiger partial charge in [0.25, 0.3) is 5.91 Å². The Labute approximate surface area is 170 Å². The zero-order valence-corrected chi connectivity index (χ0v) is 18.0. The predicted octanol–water partition coefficient (Wildman–Crippen LogP) is 4.77. The van der Waals surface area contributed by atoms with Crippen molar-refractivity contribution in [3.8, 4) is 11.5 Å². The summed E-state index contributed by atoms with van der Waals surface area (Å²) in [5.41, 5.74) is 3.22. The molecule has 1 aliphatic heterocycles. The first-order valence-electron chi connectivity index (χ1n) is 9.75. The Bertz CT molecular complexity index is 913. The molecular formula is C22H28N2O3S. The Morgan fingerprint density at radius 3 is 2.61 bits per heavy atom. The fourth-order valence-corrected chi connectivity index (χ4v) is 5.61. The van der Waals surface area contributed by atoms with Crippen molar-refractivity contribution in [1.82, 2.24) is 5.32 Å². The highest BCUT2D eigenvalue weighted by Crippen LogP contribution is 2.46. The Morgan fingerprint density at radius 2 is 1.93 bits per heavy atom. The Kier molecular flexibility index (Phi) is 4.78. The van der Waals surface area contributed by atoms with E-state index in [4.69, 9.17) is 9.47 Å². The molecule has 2 heterocycles. The Balaban J connectivity index is 1.67. The minimum atomic E-state index is -0.344. The third-order valence-corrected chi connectivity index (χ3v) is 7.20. The minimum Gasteiger partial charge on any atom is -0.497 e. The summed E-state index contributed by atoms with van der Waals surface area (Å²) in [4.78, 5) is 14.4. The van der Waals surface area contributed by atoms with E-state index in [1.54, 1.807) is 25.6 Å². The van der Waals surface area contributed by atoms with E-state index < -0.39 is 0 Å². The van der Waals surface area contributed by atoms with Crippen LogP contribution in [0.15, 0.2) is 18.2 Å². The average molecular weight is 401 g/mol. The summed E-state index contributed by atoms with van der Waals surface area (Å²) in [6.07, 6.45) is 2.83. The summed E-state index contributed by atoms with van der Waals surface area (Å²) >= 11 is 1.74. The van der Waals surface area contributed by atoms with Crippen LogP contribution >= 0.6 is 11.3 Å². The molecule has 5 nitrogen and oxygen atoms in total. The van der Waals surface area contributed by atoms with Gasteiger partial charge in [0, 0.05) is 10.4 Å². The van der Waals surface area contributed by atoms with Crippen molar-refractivity contribution in [3.05, 3.63) is 39.8 Å². The summed E-state index contributed by atoms with van der Waals surface area (Å²) < 4.78 is 10.9. The SMILES string of the molecule is COc1ccc(OC)c([C@H]2NC(=O)c3c(sc4c3CC[C@@H](C(C)(C)C)C4)N2)c1. The molecule has 0 spiro atoms. The average Bonchev–Trinajstić information content (AvgIpc) is 3.04. The van der Waals surface area contributed by atoms with Gasteiger partial charge in [0.2, 0.25) is 0 Å². The van der Waals surface area contributed by atoms with Gasteiger partial charge in [-0.15, -0.1) is 11.3 Å². The van der Waals surface area contributed by atoms with Gasteiger partial charge in [0.05, 0.1) is 19.8 Å². The lowest BCUT2D eigenvalue weighted by atomic mass is 9.72. The number of anilines is 1. The van der Waals surface area contributed by atoms with Gasteiger partial charge in [-0.1, -0.05) is 20.8 Å². The normalized spacial score (nSPS) is 21.2. The van der Waals surface area contributed by atoms with E-state index in [0.29, 0.717) is 5.92 Å². The first kappa shape index (κ1) is 19.1. The van der Waals surface area contributed by atoms with Crippen molar-refractivity contribution in [2.75, 3.05) is 19.5 Å². The number of thiophene rings is 1. The monoisotopic (exact) mass is 400 g/mol. The van der Waals surface area contributed by atoms with Gasteiger partial charge in [0.1, 0.15) is 22.7 Å². The number of hydrogen-bond acceptors (Lipinski definition) is 5. The standard InChI is InChI=1S/C22H28N2O3S/c1-22(2,3)12-6-8-14-17(10-12)28-21-18(14)20(25)23-19(24-21)15-11-13(26-4)7-9-16(15)27-5/h7,9,11-12,19,24H,6,8,10H2,1-5H3,(H,23,25)/t12-,19+/m1/s1. The lowest BCUT2D eigenvalue weighted by molar-refractivity contribution is 0.0934. The third-order valence-electron chi connectivity index (χ3n) is 6.02. The molecule has 0 radical (unpaired) electrons. The molecular weight excluding hydrogens is 372 g/mol. The third kappa shape index (κ3) is 3.24. The first-order valence-corrected chi connectivity index (χ1v) is 10.6. The van der Waals surface area contributed by atoms with Crippen molar-refractivity contribution >= 4 is 22.2 Å². The molecule has 2 atom stereocenters. The molecule has 1 amide bonds. The number of rotatable bonds is 3. The summed E-state index contributed by atoms with van der Waals surface area (Å²) in [5, 5.41) is 7.62. The Morgan fingerprint density at radius 1 is 1.14 bits per heavy atom. The van der Waals surface area contributed by atoms with E-state index in [9.17, 15) is 4.79 Å². The molecule has 2 aliphatic rings. The summed E-state index contributed by atoms with van der Waals surface area (Å²) in [5.74, 6) is 2.10. The highest BCUT2D eigenvalue weighted by Gasteiger charge is 2.37. The number of methoxy groups -OCH3 is 2. The van der Waals surface area contributed by atoms with Gasteiger partial charge >= 0.3 is 0 Å². The van der Waals surface area contributed by atoms with Crippen LogP contribution in [0.3, 0.4) is 0 Å². The number of amides is 1. The molecule has 2 N–H and O–H groups in total. The molecule has 0 bridgehead atoms. The van der Waals surface area contributed by atoms with Crippen LogP contribution in [0.4, 0.5) is 5.00 Å². The molecule has 1 aromatic heterocycles. The number of carbonyl (C=O) groups excluding carboxylic acids is 1. The molecule has 150 valence electrons. The van der Waals surface area contributed by atoms with Crippen molar-refractivity contribution in [2.45, 2.75) is 46.2 Å². The van der Waals surface area contributed by atoms with Crippen LogP contribution < -0.4 is 20.1 Å². The predicted molar refractivity (Wildman–Crippen MR) is 113 cm³/mol. The van der Waals surface area contributed by atoms with Gasteiger partial charge in [-0.25, -0.2) is 0 Å². The number of nitrogens with one attached hydrogen (secondary N) is 2. The molecule has 0 fully saturated rings. The van der Waals surface area contributed by atoms with E-state index in [2.05, 4.69) is 31.4 Å².